The number of nitro benzene ring substituents is 3. The third kappa shape index (κ3) is 2.10. The van der Waals surface area contributed by atoms with Gasteiger partial charge in [-0.05, 0) is 16.5 Å². The van der Waals surface area contributed by atoms with Crippen LogP contribution in [0.4, 0.5) is 17.1 Å². The molecule has 10 heteroatoms. The highest BCUT2D eigenvalue weighted by Gasteiger charge is 2.42. The number of nitrogens with zero attached hydrogens (tertiary/aromatic N) is 3. The molecule has 0 N–H and O–H groups in total. The maximum absolute atomic E-state index is 12.9. The Morgan fingerprint density at radius 1 is 0.704 bits per heavy atom. The van der Waals surface area contributed by atoms with E-state index in [4.69, 9.17) is 0 Å². The fourth-order valence-electron chi connectivity index (χ4n) is 3.46. The van der Waals surface area contributed by atoms with Crippen molar-refractivity contribution < 1.29 is 19.6 Å². The highest BCUT2D eigenvalue weighted by molar-refractivity contribution is 6.29. The fraction of sp³-hybridized carbons (Fsp3) is 0. The van der Waals surface area contributed by atoms with Crippen molar-refractivity contribution >= 4 is 33.6 Å². The molecule has 1 aliphatic carbocycles. The lowest BCUT2D eigenvalue weighted by Gasteiger charge is -2.06. The van der Waals surface area contributed by atoms with E-state index in [1.807, 2.05) is 0 Å². The molecule has 3 aromatic rings. The highest BCUT2D eigenvalue weighted by Crippen LogP contribution is 2.48. The summed E-state index contributed by atoms with van der Waals surface area (Å²) in [5.74, 6) is -0.516. The van der Waals surface area contributed by atoms with Crippen LogP contribution < -0.4 is 0 Å². The van der Waals surface area contributed by atoms with E-state index in [0.717, 1.165) is 6.07 Å². The first-order chi connectivity index (χ1) is 12.8. The molecule has 27 heavy (non-hydrogen) atoms. The largest absolute Gasteiger partial charge is 0.423 e. The van der Waals surface area contributed by atoms with Gasteiger partial charge in [0.05, 0.1) is 20.2 Å². The molecule has 1 aliphatic rings. The van der Waals surface area contributed by atoms with Crippen molar-refractivity contribution in [1.29, 1.82) is 0 Å². The quantitative estimate of drug-likeness (QED) is 0.396. The second-order valence-electron chi connectivity index (χ2n) is 5.83. The monoisotopic (exact) mass is 365 g/mol. The van der Waals surface area contributed by atoms with Crippen LogP contribution in [0.2, 0.25) is 0 Å². The van der Waals surface area contributed by atoms with E-state index in [-0.39, 0.29) is 16.3 Å². The number of nitro groups is 3. The third-order valence-corrected chi connectivity index (χ3v) is 4.48. The van der Waals surface area contributed by atoms with Gasteiger partial charge in [-0.3, -0.25) is 35.1 Å². The zero-order valence-electron chi connectivity index (χ0n) is 13.2. The van der Waals surface area contributed by atoms with Gasteiger partial charge in [0.15, 0.2) is 5.78 Å². The average molecular weight is 365 g/mol. The van der Waals surface area contributed by atoms with Gasteiger partial charge in [-0.2, -0.15) is 0 Å². The summed E-state index contributed by atoms with van der Waals surface area (Å²) < 4.78 is 0. The van der Waals surface area contributed by atoms with Crippen LogP contribution in [-0.2, 0) is 0 Å². The first-order valence-corrected chi connectivity index (χ1v) is 7.54. The van der Waals surface area contributed by atoms with Crippen LogP contribution in [0.1, 0.15) is 15.9 Å². The Morgan fingerprint density at radius 3 is 1.93 bits per heavy atom. The summed E-state index contributed by atoms with van der Waals surface area (Å²) in [6, 6.07) is 10.3. The van der Waals surface area contributed by atoms with Crippen molar-refractivity contribution in [2.45, 2.75) is 0 Å². The van der Waals surface area contributed by atoms with Gasteiger partial charge in [0.25, 0.3) is 0 Å². The van der Waals surface area contributed by atoms with Crippen molar-refractivity contribution in [3.63, 3.8) is 0 Å². The molecule has 0 saturated heterocycles. The lowest BCUT2D eigenvalue weighted by Crippen LogP contribution is -2.05. The molecule has 3 aromatic carbocycles. The number of rotatable bonds is 3. The Hall–Kier alpha value is -4.21. The third-order valence-electron chi connectivity index (χ3n) is 4.48. The van der Waals surface area contributed by atoms with Gasteiger partial charge in [-0.25, -0.2) is 0 Å². The predicted octanol–water partition coefficient (Wildman–Crippen LogP) is 3.78. The summed E-state index contributed by atoms with van der Waals surface area (Å²) >= 11 is 0. The van der Waals surface area contributed by atoms with E-state index in [1.165, 1.54) is 12.1 Å². The number of ketones is 1. The molecule has 4 rings (SSSR count). The number of carbonyl (C=O) groups is 1. The number of hydrogen-bond acceptors (Lipinski definition) is 7. The van der Waals surface area contributed by atoms with Crippen molar-refractivity contribution in [1.82, 2.24) is 0 Å². The smallest absolute Gasteiger partial charge is 0.289 e. The van der Waals surface area contributed by atoms with Gasteiger partial charge < -0.3 is 0 Å². The maximum atomic E-state index is 12.9. The molecule has 0 amide bonds. The van der Waals surface area contributed by atoms with Gasteiger partial charge in [-0.1, -0.05) is 36.4 Å². The van der Waals surface area contributed by atoms with Crippen molar-refractivity contribution in [2.75, 3.05) is 0 Å². The van der Waals surface area contributed by atoms with Gasteiger partial charge in [-0.15, -0.1) is 0 Å². The summed E-state index contributed by atoms with van der Waals surface area (Å²) in [6.45, 7) is 0. The summed E-state index contributed by atoms with van der Waals surface area (Å²) in [7, 11) is 0. The molecule has 0 saturated carbocycles. The highest BCUT2D eigenvalue weighted by atomic mass is 16.6. The van der Waals surface area contributed by atoms with Gasteiger partial charge in [0, 0.05) is 17.2 Å². The molecule has 0 fully saturated rings. The minimum Gasteiger partial charge on any atom is -0.289 e. The van der Waals surface area contributed by atoms with Crippen LogP contribution >= 0.6 is 0 Å². The van der Waals surface area contributed by atoms with E-state index in [0.29, 0.717) is 16.7 Å². The minimum atomic E-state index is -1.24. The Balaban J connectivity index is 2.25. The molecular formula is C17H7N3O7. The second kappa shape index (κ2) is 5.39. The molecule has 0 bridgehead atoms. The van der Waals surface area contributed by atoms with Crippen molar-refractivity contribution in [3.8, 4) is 11.1 Å². The topological polar surface area (TPSA) is 146 Å². The van der Waals surface area contributed by atoms with Crippen LogP contribution in [0.3, 0.4) is 0 Å². The Morgan fingerprint density at radius 2 is 1.33 bits per heavy atom. The second-order valence-corrected chi connectivity index (χ2v) is 5.83. The van der Waals surface area contributed by atoms with E-state index >= 15 is 0 Å². The van der Waals surface area contributed by atoms with Crippen LogP contribution in [0.5, 0.6) is 0 Å². The molecule has 132 valence electrons. The lowest BCUT2D eigenvalue weighted by atomic mass is 9.96. The van der Waals surface area contributed by atoms with E-state index in [1.54, 1.807) is 24.3 Å². The van der Waals surface area contributed by atoms with Crippen molar-refractivity contribution in [2.24, 2.45) is 0 Å². The van der Waals surface area contributed by atoms with Crippen LogP contribution in [0, 0.1) is 30.3 Å². The summed E-state index contributed by atoms with van der Waals surface area (Å²) in [5.41, 5.74) is -2.09. The molecule has 0 heterocycles. The Bertz CT molecular complexity index is 1230. The summed E-state index contributed by atoms with van der Waals surface area (Å²) in [4.78, 5) is 43.9. The molecule has 0 radical (unpaired) electrons. The predicted molar refractivity (Wildman–Crippen MR) is 92.8 cm³/mol. The zero-order chi connectivity index (χ0) is 19.5. The van der Waals surface area contributed by atoms with E-state index < -0.39 is 37.6 Å². The first kappa shape index (κ1) is 16.3. The van der Waals surface area contributed by atoms with Crippen LogP contribution in [-0.4, -0.2) is 20.6 Å². The normalized spacial score (nSPS) is 11.9. The molecule has 10 nitrogen and oxygen atoms in total. The van der Waals surface area contributed by atoms with E-state index in [2.05, 4.69) is 0 Å². The molecule has 0 aliphatic heterocycles. The van der Waals surface area contributed by atoms with Gasteiger partial charge in [0.2, 0.25) is 0 Å². The summed E-state index contributed by atoms with van der Waals surface area (Å²) in [6.07, 6.45) is 0. The molecule has 0 spiro atoms. The fourth-order valence-corrected chi connectivity index (χ4v) is 3.46. The lowest BCUT2D eigenvalue weighted by molar-refractivity contribution is -0.440. The molecule has 0 atom stereocenters. The number of benzene rings is 3. The molecule has 0 aromatic heterocycles. The van der Waals surface area contributed by atoms with Crippen molar-refractivity contribution in [3.05, 3.63) is 83.9 Å². The Labute approximate surface area is 149 Å². The first-order valence-electron chi connectivity index (χ1n) is 7.54. The summed E-state index contributed by atoms with van der Waals surface area (Å²) in [5, 5.41) is 34.0. The van der Waals surface area contributed by atoms with Crippen LogP contribution in [0.15, 0.2) is 42.5 Å². The molecular weight excluding hydrogens is 358 g/mol. The minimum absolute atomic E-state index is 0.0129. The number of fused-ring (bicyclic) bond motifs is 5. The number of carbonyl (C=O) groups excluding carboxylic acids is 1. The zero-order valence-corrected chi connectivity index (χ0v) is 13.2. The van der Waals surface area contributed by atoms with Gasteiger partial charge in [0.1, 0.15) is 0 Å². The SMILES string of the molecule is O=C1c2ccccc2-c2ccc3cc([N+](=O)[O-])c([N+](=O)[O-])c([N+](=O)[O-])c3c21. The van der Waals surface area contributed by atoms with Gasteiger partial charge >= 0.3 is 17.1 Å². The number of hydrogen-bond donors (Lipinski definition) is 0. The molecule has 0 unspecified atom stereocenters. The maximum Gasteiger partial charge on any atom is 0.423 e. The van der Waals surface area contributed by atoms with Crippen LogP contribution in [0.25, 0.3) is 21.9 Å². The Kier molecular flexibility index (Phi) is 3.25. The standard InChI is InChI=1S/C17H7N3O7/c21-17-11-4-2-1-3-9(11)10-6-5-8-7-12(18(22)23)15(19(24)25)16(20(26)27)13(8)14(10)17/h1-7H. The van der Waals surface area contributed by atoms with E-state index in [9.17, 15) is 35.1 Å². The average Bonchev–Trinajstić information content (AvgIpc) is 2.92.